The highest BCUT2D eigenvalue weighted by molar-refractivity contribution is 5.46. The van der Waals surface area contributed by atoms with E-state index in [1.54, 1.807) is 0 Å². The number of hydrogen-bond acceptors (Lipinski definition) is 5. The van der Waals surface area contributed by atoms with Crippen LogP contribution in [0.25, 0.3) is 17.3 Å². The van der Waals surface area contributed by atoms with Gasteiger partial charge in [-0.2, -0.15) is 10.1 Å². The van der Waals surface area contributed by atoms with Gasteiger partial charge in [0.25, 0.3) is 5.89 Å². The van der Waals surface area contributed by atoms with Crippen LogP contribution in [0.3, 0.4) is 0 Å². The molecule has 3 aromatic rings. The summed E-state index contributed by atoms with van der Waals surface area (Å²) >= 11 is 0. The first kappa shape index (κ1) is 13.3. The molecule has 0 aliphatic rings. The molecule has 0 radical (unpaired) electrons. The Morgan fingerprint density at radius 1 is 1.19 bits per heavy atom. The molecular weight excluding hydrogens is 287 g/mol. The minimum atomic E-state index is -1.53. The van der Waals surface area contributed by atoms with E-state index in [-0.39, 0.29) is 18.1 Å². The number of halogens is 3. The minimum Gasteiger partial charge on any atom is -0.332 e. The van der Waals surface area contributed by atoms with Crippen LogP contribution < -0.4 is 5.73 Å². The zero-order valence-electron chi connectivity index (χ0n) is 10.4. The van der Waals surface area contributed by atoms with Gasteiger partial charge in [-0.25, -0.2) is 17.9 Å². The topological polar surface area (TPSA) is 82.8 Å². The van der Waals surface area contributed by atoms with Crippen LogP contribution in [0.1, 0.15) is 5.82 Å². The zero-order chi connectivity index (χ0) is 15.0. The van der Waals surface area contributed by atoms with Gasteiger partial charge in [-0.05, 0) is 6.07 Å². The molecule has 108 valence electrons. The van der Waals surface area contributed by atoms with Crippen LogP contribution in [-0.4, -0.2) is 19.9 Å². The SMILES string of the molecule is NCc1noc(-c2ccn(-c3cc(F)c(F)c(F)c3)n2)n1. The summed E-state index contributed by atoms with van der Waals surface area (Å²) in [4.78, 5) is 3.97. The van der Waals surface area contributed by atoms with Gasteiger partial charge in [-0.3, -0.25) is 0 Å². The molecule has 0 unspecified atom stereocenters. The normalized spacial score (nSPS) is 11.0. The number of hydrogen-bond donors (Lipinski definition) is 1. The van der Waals surface area contributed by atoms with Gasteiger partial charge >= 0.3 is 0 Å². The molecule has 0 saturated heterocycles. The molecule has 0 saturated carbocycles. The van der Waals surface area contributed by atoms with Crippen molar-refractivity contribution in [1.82, 2.24) is 19.9 Å². The highest BCUT2D eigenvalue weighted by Gasteiger charge is 2.14. The summed E-state index contributed by atoms with van der Waals surface area (Å²) in [5.74, 6) is -3.71. The number of nitrogens with zero attached hydrogens (tertiary/aromatic N) is 4. The fraction of sp³-hybridized carbons (Fsp3) is 0.0833. The van der Waals surface area contributed by atoms with Gasteiger partial charge in [0.05, 0.1) is 12.2 Å². The van der Waals surface area contributed by atoms with E-state index >= 15 is 0 Å². The highest BCUT2D eigenvalue weighted by atomic mass is 19.2. The smallest absolute Gasteiger partial charge is 0.278 e. The number of aromatic nitrogens is 4. The van der Waals surface area contributed by atoms with E-state index in [1.807, 2.05) is 0 Å². The average molecular weight is 295 g/mol. The first-order chi connectivity index (χ1) is 10.1. The van der Waals surface area contributed by atoms with Crippen LogP contribution in [0.15, 0.2) is 28.9 Å². The van der Waals surface area contributed by atoms with E-state index in [1.165, 1.54) is 12.3 Å². The van der Waals surface area contributed by atoms with Crippen LogP contribution in [0, 0.1) is 17.5 Å². The van der Waals surface area contributed by atoms with Crippen molar-refractivity contribution in [2.75, 3.05) is 0 Å². The average Bonchev–Trinajstić information content (AvgIpc) is 3.12. The summed E-state index contributed by atoms with van der Waals surface area (Å²) in [7, 11) is 0. The molecule has 0 aliphatic heterocycles. The second-order valence-electron chi connectivity index (χ2n) is 4.09. The van der Waals surface area contributed by atoms with Crippen molar-refractivity contribution in [3.05, 3.63) is 47.7 Å². The predicted octanol–water partition coefficient (Wildman–Crippen LogP) is 1.80. The third kappa shape index (κ3) is 2.38. The fourth-order valence-electron chi connectivity index (χ4n) is 1.70. The summed E-state index contributed by atoms with van der Waals surface area (Å²) in [5, 5.41) is 7.64. The van der Waals surface area contributed by atoms with E-state index in [4.69, 9.17) is 10.3 Å². The summed E-state index contributed by atoms with van der Waals surface area (Å²) in [6, 6.07) is 3.16. The molecule has 2 heterocycles. The van der Waals surface area contributed by atoms with Gasteiger partial charge in [0.15, 0.2) is 29.0 Å². The summed E-state index contributed by atoms with van der Waals surface area (Å²) in [6.07, 6.45) is 1.42. The lowest BCUT2D eigenvalue weighted by atomic mass is 10.3. The number of nitrogens with two attached hydrogens (primary N) is 1. The van der Waals surface area contributed by atoms with E-state index < -0.39 is 17.5 Å². The maximum absolute atomic E-state index is 13.2. The minimum absolute atomic E-state index is 0.0243. The van der Waals surface area contributed by atoms with Crippen molar-refractivity contribution >= 4 is 0 Å². The van der Waals surface area contributed by atoms with Crippen LogP contribution in [-0.2, 0) is 6.54 Å². The molecule has 21 heavy (non-hydrogen) atoms. The molecule has 2 aromatic heterocycles. The highest BCUT2D eigenvalue weighted by Crippen LogP contribution is 2.19. The van der Waals surface area contributed by atoms with Crippen molar-refractivity contribution < 1.29 is 17.7 Å². The maximum atomic E-state index is 13.2. The Labute approximate surface area is 116 Å². The van der Waals surface area contributed by atoms with Crippen molar-refractivity contribution in [2.24, 2.45) is 5.73 Å². The summed E-state index contributed by atoms with van der Waals surface area (Å²) < 4.78 is 45.4. The Hall–Kier alpha value is -2.68. The van der Waals surface area contributed by atoms with E-state index in [0.717, 1.165) is 16.8 Å². The molecule has 0 atom stereocenters. The van der Waals surface area contributed by atoms with E-state index in [2.05, 4.69) is 15.2 Å². The third-order valence-electron chi connectivity index (χ3n) is 2.69. The van der Waals surface area contributed by atoms with Crippen LogP contribution in [0.4, 0.5) is 13.2 Å². The monoisotopic (exact) mass is 295 g/mol. The quantitative estimate of drug-likeness (QED) is 0.745. The van der Waals surface area contributed by atoms with Crippen molar-refractivity contribution in [3.63, 3.8) is 0 Å². The molecule has 0 bridgehead atoms. The molecule has 3 rings (SSSR count). The first-order valence-corrected chi connectivity index (χ1v) is 5.82. The molecule has 2 N–H and O–H groups in total. The number of benzene rings is 1. The first-order valence-electron chi connectivity index (χ1n) is 5.82. The van der Waals surface area contributed by atoms with E-state index in [0.29, 0.717) is 11.5 Å². The van der Waals surface area contributed by atoms with Gasteiger partial charge in [0.2, 0.25) is 0 Å². The Kier molecular flexibility index (Phi) is 3.18. The van der Waals surface area contributed by atoms with Crippen molar-refractivity contribution in [1.29, 1.82) is 0 Å². The van der Waals surface area contributed by atoms with Gasteiger partial charge in [0, 0.05) is 18.3 Å². The Morgan fingerprint density at radius 2 is 1.90 bits per heavy atom. The summed E-state index contributed by atoms with van der Waals surface area (Å²) in [6.45, 7) is 0.110. The second-order valence-corrected chi connectivity index (χ2v) is 4.09. The standard InChI is InChI=1S/C12H8F3N5O/c13-7-3-6(4-8(14)11(7)15)20-2-1-9(18-20)12-17-10(5-16)19-21-12/h1-4H,5,16H2. The number of rotatable bonds is 3. The van der Waals surface area contributed by atoms with Crippen LogP contribution >= 0.6 is 0 Å². The Balaban J connectivity index is 1.98. The molecule has 0 fully saturated rings. The van der Waals surface area contributed by atoms with Gasteiger partial charge in [-0.1, -0.05) is 5.16 Å². The third-order valence-corrected chi connectivity index (χ3v) is 2.69. The zero-order valence-corrected chi connectivity index (χ0v) is 10.4. The van der Waals surface area contributed by atoms with Gasteiger partial charge in [-0.15, -0.1) is 0 Å². The fourth-order valence-corrected chi connectivity index (χ4v) is 1.70. The lowest BCUT2D eigenvalue weighted by molar-refractivity contribution is 0.421. The largest absolute Gasteiger partial charge is 0.332 e. The molecule has 0 amide bonds. The van der Waals surface area contributed by atoms with Crippen LogP contribution in [0.2, 0.25) is 0 Å². The lowest BCUT2D eigenvalue weighted by Crippen LogP contribution is -2.00. The molecule has 0 aliphatic carbocycles. The molecule has 0 spiro atoms. The lowest BCUT2D eigenvalue weighted by Gasteiger charge is -2.02. The van der Waals surface area contributed by atoms with Crippen LogP contribution in [0.5, 0.6) is 0 Å². The van der Waals surface area contributed by atoms with Crippen molar-refractivity contribution in [3.8, 4) is 17.3 Å². The maximum Gasteiger partial charge on any atom is 0.278 e. The van der Waals surface area contributed by atoms with Gasteiger partial charge in [0.1, 0.15) is 0 Å². The van der Waals surface area contributed by atoms with Crippen molar-refractivity contribution in [2.45, 2.75) is 6.54 Å². The Morgan fingerprint density at radius 3 is 2.52 bits per heavy atom. The van der Waals surface area contributed by atoms with Gasteiger partial charge < -0.3 is 10.3 Å². The molecule has 9 heteroatoms. The predicted molar refractivity (Wildman–Crippen MR) is 64.6 cm³/mol. The Bertz CT molecular complexity index is 775. The second kappa shape index (κ2) is 5.02. The molecule has 6 nitrogen and oxygen atoms in total. The summed E-state index contributed by atoms with van der Waals surface area (Å²) in [5.41, 5.74) is 5.68. The molecule has 1 aromatic carbocycles. The molecular formula is C12H8F3N5O. The van der Waals surface area contributed by atoms with E-state index in [9.17, 15) is 13.2 Å².